The van der Waals surface area contributed by atoms with E-state index in [9.17, 15) is 4.79 Å². The molecule has 0 bridgehead atoms. The molecule has 0 aliphatic heterocycles. The summed E-state index contributed by atoms with van der Waals surface area (Å²) in [6.45, 7) is 6.01. The molecule has 0 saturated heterocycles. The molecule has 0 N–H and O–H groups in total. The summed E-state index contributed by atoms with van der Waals surface area (Å²) in [4.78, 5) is 12.0. The van der Waals surface area contributed by atoms with Gasteiger partial charge < -0.3 is 0 Å². The maximum atomic E-state index is 12.0. The molecule has 2 aromatic rings. The highest BCUT2D eigenvalue weighted by Crippen LogP contribution is 2.26. The molecule has 0 unspecified atom stereocenters. The van der Waals surface area contributed by atoms with Crippen LogP contribution in [-0.2, 0) is 0 Å². The van der Waals surface area contributed by atoms with Gasteiger partial charge >= 0.3 is 0 Å². The van der Waals surface area contributed by atoms with Crippen LogP contribution in [-0.4, -0.2) is 5.78 Å². The maximum absolute atomic E-state index is 12.0. The van der Waals surface area contributed by atoms with Crippen molar-refractivity contribution in [1.82, 2.24) is 0 Å². The van der Waals surface area contributed by atoms with E-state index in [1.165, 1.54) is 5.56 Å². The van der Waals surface area contributed by atoms with Gasteiger partial charge in [0.25, 0.3) is 0 Å². The Morgan fingerprint density at radius 2 is 1.88 bits per heavy atom. The molecular formula is C15H16O. The van der Waals surface area contributed by atoms with Crippen molar-refractivity contribution in [3.8, 4) is 0 Å². The van der Waals surface area contributed by atoms with Gasteiger partial charge in [-0.15, -0.1) is 0 Å². The van der Waals surface area contributed by atoms with Crippen LogP contribution in [0, 0.1) is 13.8 Å². The number of Topliss-reactive ketones (excluding diaryl/α,β-unsaturated/α-hetero) is 1. The van der Waals surface area contributed by atoms with E-state index in [1.54, 1.807) is 0 Å². The average Bonchev–Trinajstić information content (AvgIpc) is 2.30. The largest absolute Gasteiger partial charge is 0.294 e. The number of carbonyl (C=O) groups excluding carboxylic acids is 1. The second-order valence-corrected chi connectivity index (χ2v) is 4.19. The molecule has 82 valence electrons. The number of ketones is 1. The van der Waals surface area contributed by atoms with Gasteiger partial charge in [0.2, 0.25) is 0 Å². The molecule has 0 fully saturated rings. The third kappa shape index (κ3) is 1.63. The summed E-state index contributed by atoms with van der Waals surface area (Å²) in [5.74, 6) is 0.234. The Morgan fingerprint density at radius 3 is 2.56 bits per heavy atom. The molecule has 16 heavy (non-hydrogen) atoms. The molecule has 1 nitrogen and oxygen atoms in total. The van der Waals surface area contributed by atoms with Gasteiger partial charge in [0.1, 0.15) is 0 Å². The number of fused-ring (bicyclic) bond motifs is 1. The van der Waals surface area contributed by atoms with Crippen LogP contribution in [0.5, 0.6) is 0 Å². The summed E-state index contributed by atoms with van der Waals surface area (Å²) in [7, 11) is 0. The fourth-order valence-corrected chi connectivity index (χ4v) is 2.13. The highest BCUT2D eigenvalue weighted by molar-refractivity contribution is 6.09. The quantitative estimate of drug-likeness (QED) is 0.686. The smallest absolute Gasteiger partial charge is 0.163 e. The fraction of sp³-hybridized carbons (Fsp3) is 0.267. The number of aryl methyl sites for hydroxylation is 1. The third-order valence-electron chi connectivity index (χ3n) is 3.17. The van der Waals surface area contributed by atoms with Crippen LogP contribution in [0.3, 0.4) is 0 Å². The Bertz CT molecular complexity index is 553. The summed E-state index contributed by atoms with van der Waals surface area (Å²) in [6, 6.07) is 10.2. The highest BCUT2D eigenvalue weighted by Gasteiger charge is 2.12. The monoisotopic (exact) mass is 212 g/mol. The van der Waals surface area contributed by atoms with Crippen molar-refractivity contribution in [3.05, 3.63) is 47.0 Å². The topological polar surface area (TPSA) is 17.1 Å². The molecule has 0 saturated carbocycles. The first kappa shape index (κ1) is 10.9. The number of hydrogen-bond acceptors (Lipinski definition) is 1. The van der Waals surface area contributed by atoms with E-state index >= 15 is 0 Å². The second-order valence-electron chi connectivity index (χ2n) is 4.19. The summed E-state index contributed by atoms with van der Waals surface area (Å²) < 4.78 is 0. The van der Waals surface area contributed by atoms with Crippen LogP contribution in [0.15, 0.2) is 30.3 Å². The van der Waals surface area contributed by atoms with Gasteiger partial charge in [-0.05, 0) is 35.7 Å². The van der Waals surface area contributed by atoms with Crippen molar-refractivity contribution in [1.29, 1.82) is 0 Å². The molecule has 0 spiro atoms. The van der Waals surface area contributed by atoms with E-state index in [2.05, 4.69) is 19.1 Å². The van der Waals surface area contributed by atoms with E-state index in [4.69, 9.17) is 0 Å². The van der Waals surface area contributed by atoms with Gasteiger partial charge in [0, 0.05) is 12.0 Å². The zero-order valence-corrected chi connectivity index (χ0v) is 10.0. The van der Waals surface area contributed by atoms with Crippen LogP contribution in [0.4, 0.5) is 0 Å². The van der Waals surface area contributed by atoms with Crippen molar-refractivity contribution in [3.63, 3.8) is 0 Å². The first-order chi connectivity index (χ1) is 7.65. The lowest BCUT2D eigenvalue weighted by Crippen LogP contribution is -2.02. The molecule has 2 aromatic carbocycles. The molecule has 0 aliphatic carbocycles. The van der Waals surface area contributed by atoms with Gasteiger partial charge in [-0.2, -0.15) is 0 Å². The minimum Gasteiger partial charge on any atom is -0.294 e. The summed E-state index contributed by atoms with van der Waals surface area (Å²) in [6.07, 6.45) is 0.564. The molecule has 0 aromatic heterocycles. The van der Waals surface area contributed by atoms with E-state index in [1.807, 2.05) is 32.0 Å². The van der Waals surface area contributed by atoms with E-state index in [0.29, 0.717) is 6.42 Å². The minimum atomic E-state index is 0.234. The van der Waals surface area contributed by atoms with Gasteiger partial charge in [0.05, 0.1) is 0 Å². The Balaban J connectivity index is 2.87. The lowest BCUT2D eigenvalue weighted by molar-refractivity contribution is 0.0989. The van der Waals surface area contributed by atoms with Crippen molar-refractivity contribution in [2.45, 2.75) is 27.2 Å². The highest BCUT2D eigenvalue weighted by atomic mass is 16.1. The van der Waals surface area contributed by atoms with Crippen molar-refractivity contribution in [2.75, 3.05) is 0 Å². The van der Waals surface area contributed by atoms with Gasteiger partial charge in [0.15, 0.2) is 5.78 Å². The number of hydrogen-bond donors (Lipinski definition) is 0. The molecule has 0 heterocycles. The van der Waals surface area contributed by atoms with Crippen LogP contribution in [0.25, 0.3) is 10.8 Å². The standard InChI is InChI=1S/C15H16O/c1-4-14(16)15-11(3)10(2)9-12-7-5-6-8-13(12)15/h5-9H,4H2,1-3H3. The van der Waals surface area contributed by atoms with Gasteiger partial charge in [-0.1, -0.05) is 37.3 Å². The molecular weight excluding hydrogens is 196 g/mol. The van der Waals surface area contributed by atoms with E-state index in [-0.39, 0.29) is 5.78 Å². The summed E-state index contributed by atoms with van der Waals surface area (Å²) in [5.41, 5.74) is 3.21. The molecule has 0 amide bonds. The van der Waals surface area contributed by atoms with Gasteiger partial charge in [-0.3, -0.25) is 4.79 Å². The molecule has 1 heteroatoms. The predicted octanol–water partition coefficient (Wildman–Crippen LogP) is 4.05. The normalized spacial score (nSPS) is 10.7. The fourth-order valence-electron chi connectivity index (χ4n) is 2.13. The van der Waals surface area contributed by atoms with E-state index < -0.39 is 0 Å². The van der Waals surface area contributed by atoms with Crippen LogP contribution >= 0.6 is 0 Å². The molecule has 0 atom stereocenters. The second kappa shape index (κ2) is 4.09. The Labute approximate surface area is 96.1 Å². The molecule has 2 rings (SSSR count). The van der Waals surface area contributed by atoms with Gasteiger partial charge in [-0.25, -0.2) is 0 Å². The number of carbonyl (C=O) groups is 1. The zero-order chi connectivity index (χ0) is 11.7. The van der Waals surface area contributed by atoms with E-state index in [0.717, 1.165) is 21.9 Å². The minimum absolute atomic E-state index is 0.234. The molecule has 0 aliphatic rings. The average molecular weight is 212 g/mol. The maximum Gasteiger partial charge on any atom is 0.163 e. The predicted molar refractivity (Wildman–Crippen MR) is 68.0 cm³/mol. The van der Waals surface area contributed by atoms with Crippen LogP contribution < -0.4 is 0 Å². The SMILES string of the molecule is CCC(=O)c1c(C)c(C)cc2ccccc12. The van der Waals surface area contributed by atoms with Crippen molar-refractivity contribution >= 4 is 16.6 Å². The van der Waals surface area contributed by atoms with Crippen LogP contribution in [0.2, 0.25) is 0 Å². The van der Waals surface area contributed by atoms with Crippen LogP contribution in [0.1, 0.15) is 34.8 Å². The first-order valence-corrected chi connectivity index (χ1v) is 5.67. The lowest BCUT2D eigenvalue weighted by Gasteiger charge is -2.11. The number of benzene rings is 2. The Hall–Kier alpha value is -1.63. The Kier molecular flexibility index (Phi) is 2.78. The third-order valence-corrected chi connectivity index (χ3v) is 3.17. The van der Waals surface area contributed by atoms with Crippen molar-refractivity contribution < 1.29 is 4.79 Å². The summed E-state index contributed by atoms with van der Waals surface area (Å²) in [5, 5.41) is 2.24. The number of rotatable bonds is 2. The Morgan fingerprint density at radius 1 is 1.19 bits per heavy atom. The zero-order valence-electron chi connectivity index (χ0n) is 10.0. The first-order valence-electron chi connectivity index (χ1n) is 5.67. The lowest BCUT2D eigenvalue weighted by atomic mass is 9.92. The molecule has 0 radical (unpaired) electrons. The summed E-state index contributed by atoms with van der Waals surface area (Å²) >= 11 is 0. The van der Waals surface area contributed by atoms with Crippen molar-refractivity contribution in [2.24, 2.45) is 0 Å².